The summed E-state index contributed by atoms with van der Waals surface area (Å²) >= 11 is 3.22. The lowest BCUT2D eigenvalue weighted by molar-refractivity contribution is -0.0575. The van der Waals surface area contributed by atoms with Crippen LogP contribution >= 0.6 is 23.1 Å². The Hall–Kier alpha value is -1.83. The van der Waals surface area contributed by atoms with Crippen molar-refractivity contribution >= 4 is 40.1 Å². The van der Waals surface area contributed by atoms with Gasteiger partial charge in [0, 0.05) is 17.2 Å². The van der Waals surface area contributed by atoms with E-state index in [4.69, 9.17) is 4.74 Å². The minimum atomic E-state index is -1.26. The van der Waals surface area contributed by atoms with E-state index in [-0.39, 0.29) is 0 Å². The number of aliphatic hydroxyl groups excluding tert-OH is 3. The molecule has 0 spiro atoms. The average molecular weight is 453 g/mol. The summed E-state index contributed by atoms with van der Waals surface area (Å²) in [5.41, 5.74) is 0.858. The van der Waals surface area contributed by atoms with Gasteiger partial charge in [0.25, 0.3) is 0 Å². The first-order valence-corrected chi connectivity index (χ1v) is 11.6. The number of nitrogens with zero attached hydrogens (tertiary/aromatic N) is 5. The smallest absolute Gasteiger partial charge is 0.191 e. The first kappa shape index (κ1) is 21.4. The van der Waals surface area contributed by atoms with Crippen LogP contribution in [0.15, 0.2) is 22.7 Å². The molecule has 4 rings (SSSR count). The number of nitrogens with one attached hydrogen (secondary N) is 1. The van der Waals surface area contributed by atoms with Crippen molar-refractivity contribution < 1.29 is 20.1 Å². The number of rotatable bonds is 9. The third-order valence-electron chi connectivity index (χ3n) is 4.74. The molecular formula is C18H24N6O4S2. The third kappa shape index (κ3) is 4.29. The normalized spacial score (nSPS) is 24.0. The Kier molecular flexibility index (Phi) is 6.80. The Labute approximate surface area is 181 Å². The number of fused-ring (bicyclic) bond motifs is 1. The minimum Gasteiger partial charge on any atom is -0.394 e. The van der Waals surface area contributed by atoms with Crippen LogP contribution in [0.25, 0.3) is 11.2 Å². The van der Waals surface area contributed by atoms with E-state index in [9.17, 15) is 15.3 Å². The monoisotopic (exact) mass is 452 g/mol. The summed E-state index contributed by atoms with van der Waals surface area (Å²) in [7, 11) is 0. The van der Waals surface area contributed by atoms with Crippen molar-refractivity contribution in [3.8, 4) is 0 Å². The van der Waals surface area contributed by atoms with E-state index in [0.29, 0.717) is 28.7 Å². The molecule has 30 heavy (non-hydrogen) atoms. The zero-order valence-electron chi connectivity index (χ0n) is 16.4. The molecule has 0 saturated carbocycles. The third-order valence-corrected chi connectivity index (χ3v) is 6.73. The van der Waals surface area contributed by atoms with Gasteiger partial charge in [0.1, 0.15) is 18.3 Å². The summed E-state index contributed by atoms with van der Waals surface area (Å²) in [6, 6.07) is 4.11. The second kappa shape index (κ2) is 9.54. The highest BCUT2D eigenvalue weighted by Gasteiger charge is 2.44. The number of aliphatic hydroxyl groups is 3. The van der Waals surface area contributed by atoms with E-state index < -0.39 is 31.1 Å². The van der Waals surface area contributed by atoms with Gasteiger partial charge < -0.3 is 25.4 Å². The van der Waals surface area contributed by atoms with Crippen LogP contribution in [0.4, 0.5) is 5.82 Å². The fourth-order valence-corrected chi connectivity index (χ4v) is 4.61. The van der Waals surface area contributed by atoms with E-state index >= 15 is 0 Å². The van der Waals surface area contributed by atoms with Gasteiger partial charge in [-0.1, -0.05) is 30.0 Å². The van der Waals surface area contributed by atoms with Crippen molar-refractivity contribution in [3.05, 3.63) is 22.4 Å². The van der Waals surface area contributed by atoms with Gasteiger partial charge in [-0.25, -0.2) is 9.97 Å². The molecule has 0 bridgehead atoms. The van der Waals surface area contributed by atoms with E-state index in [1.165, 1.54) is 21.3 Å². The van der Waals surface area contributed by atoms with Gasteiger partial charge in [0.2, 0.25) is 0 Å². The van der Waals surface area contributed by atoms with E-state index in [0.717, 1.165) is 18.6 Å². The van der Waals surface area contributed by atoms with Crippen LogP contribution in [0.2, 0.25) is 0 Å². The minimum absolute atomic E-state index is 0.400. The van der Waals surface area contributed by atoms with Crippen LogP contribution < -0.4 is 5.32 Å². The number of hydrogen-bond acceptors (Lipinski definition) is 11. The fourth-order valence-electron chi connectivity index (χ4n) is 3.20. The summed E-state index contributed by atoms with van der Waals surface area (Å²) in [5, 5.41) is 44.1. The van der Waals surface area contributed by atoms with E-state index in [1.54, 1.807) is 11.3 Å². The molecule has 4 atom stereocenters. The number of aromatic nitrogens is 5. The maximum absolute atomic E-state index is 10.4. The number of thioether (sulfide) groups is 1. The summed E-state index contributed by atoms with van der Waals surface area (Å²) in [5.74, 6) is 1.42. The molecule has 4 heterocycles. The molecular weight excluding hydrogens is 428 g/mol. The van der Waals surface area contributed by atoms with Crippen molar-refractivity contribution in [2.75, 3.05) is 24.2 Å². The molecule has 4 N–H and O–H groups in total. The predicted octanol–water partition coefficient (Wildman–Crippen LogP) is 1.05. The Morgan fingerprint density at radius 1 is 1.30 bits per heavy atom. The van der Waals surface area contributed by atoms with Crippen LogP contribution in [0.1, 0.15) is 24.4 Å². The summed E-state index contributed by atoms with van der Waals surface area (Å²) in [6.07, 6.45) is -2.56. The molecule has 1 aliphatic heterocycles. The topological polar surface area (TPSA) is 138 Å². The maximum Gasteiger partial charge on any atom is 0.191 e. The molecule has 10 nitrogen and oxygen atoms in total. The molecule has 3 aromatic rings. The standard InChI is InChI=1S/C18H24N6O4S2/c1-2-7-30-18-20-15(19-6-5-10-4-3-8-29-10)12-16(21-18)24(23-22-12)17-14(27)13(26)11(9-25)28-17/h3-4,8,11,13-14,17,25-27H,2,5-7,9H2,1H3,(H,19,20,21)/t11-,13-,14-,17-/m1/s1. The van der Waals surface area contributed by atoms with Gasteiger partial charge in [0.05, 0.1) is 6.61 Å². The Morgan fingerprint density at radius 3 is 2.87 bits per heavy atom. The van der Waals surface area contributed by atoms with Crippen molar-refractivity contribution in [2.45, 2.75) is 49.5 Å². The SMILES string of the molecule is CCCSc1nc(NCCc2cccs2)c2nnn([C@@H]3O[C@H](CO)[C@@H](O)[C@H]3O)c2n1. The van der Waals surface area contributed by atoms with Crippen LogP contribution in [0.3, 0.4) is 0 Å². The lowest BCUT2D eigenvalue weighted by atomic mass is 10.1. The molecule has 0 aliphatic carbocycles. The van der Waals surface area contributed by atoms with E-state index in [1.807, 2.05) is 11.4 Å². The molecule has 0 amide bonds. The first-order chi connectivity index (χ1) is 14.6. The molecule has 0 aromatic carbocycles. The van der Waals surface area contributed by atoms with Gasteiger partial charge in [-0.15, -0.1) is 16.4 Å². The van der Waals surface area contributed by atoms with Crippen LogP contribution in [0.5, 0.6) is 0 Å². The van der Waals surface area contributed by atoms with Crippen molar-refractivity contribution in [3.63, 3.8) is 0 Å². The Morgan fingerprint density at radius 2 is 2.17 bits per heavy atom. The predicted molar refractivity (Wildman–Crippen MR) is 114 cm³/mol. The molecule has 162 valence electrons. The van der Waals surface area contributed by atoms with Crippen LogP contribution in [-0.2, 0) is 11.2 Å². The summed E-state index contributed by atoms with van der Waals surface area (Å²) < 4.78 is 6.95. The van der Waals surface area contributed by atoms with Gasteiger partial charge >= 0.3 is 0 Å². The van der Waals surface area contributed by atoms with Gasteiger partial charge in [-0.2, -0.15) is 4.68 Å². The van der Waals surface area contributed by atoms with Crippen molar-refractivity contribution in [1.29, 1.82) is 0 Å². The quantitative estimate of drug-likeness (QED) is 0.275. The average Bonchev–Trinajstić information content (AvgIpc) is 3.47. The second-order valence-electron chi connectivity index (χ2n) is 6.89. The lowest BCUT2D eigenvalue weighted by Gasteiger charge is -2.15. The number of thiophene rings is 1. The van der Waals surface area contributed by atoms with Crippen molar-refractivity contribution in [1.82, 2.24) is 25.0 Å². The largest absolute Gasteiger partial charge is 0.394 e. The van der Waals surface area contributed by atoms with Crippen LogP contribution in [0, 0.1) is 0 Å². The summed E-state index contributed by atoms with van der Waals surface area (Å²) in [6.45, 7) is 2.34. The fraction of sp³-hybridized carbons (Fsp3) is 0.556. The zero-order valence-corrected chi connectivity index (χ0v) is 18.0. The van der Waals surface area contributed by atoms with Crippen LogP contribution in [-0.4, -0.2) is 77.5 Å². The highest BCUT2D eigenvalue weighted by atomic mass is 32.2. The molecule has 1 fully saturated rings. The Balaban J connectivity index is 1.64. The zero-order chi connectivity index (χ0) is 21.1. The van der Waals surface area contributed by atoms with E-state index in [2.05, 4.69) is 38.6 Å². The van der Waals surface area contributed by atoms with Gasteiger partial charge in [-0.05, 0) is 24.3 Å². The highest BCUT2D eigenvalue weighted by molar-refractivity contribution is 7.99. The molecule has 1 saturated heterocycles. The molecule has 0 radical (unpaired) electrons. The van der Waals surface area contributed by atoms with Crippen molar-refractivity contribution in [2.24, 2.45) is 0 Å². The maximum atomic E-state index is 10.4. The number of ether oxygens (including phenoxy) is 1. The van der Waals surface area contributed by atoms with Gasteiger partial charge in [-0.3, -0.25) is 0 Å². The van der Waals surface area contributed by atoms with Gasteiger partial charge in [0.15, 0.2) is 28.4 Å². The number of anilines is 1. The molecule has 1 aliphatic rings. The molecule has 3 aromatic heterocycles. The first-order valence-electron chi connectivity index (χ1n) is 9.76. The lowest BCUT2D eigenvalue weighted by Crippen LogP contribution is -2.33. The number of hydrogen-bond donors (Lipinski definition) is 4. The Bertz CT molecular complexity index is 969. The second-order valence-corrected chi connectivity index (χ2v) is 8.99. The molecule has 12 heteroatoms. The molecule has 0 unspecified atom stereocenters. The summed E-state index contributed by atoms with van der Waals surface area (Å²) in [4.78, 5) is 10.4. The highest BCUT2D eigenvalue weighted by Crippen LogP contribution is 2.32.